The maximum Gasteiger partial charge on any atom is 0.331 e. The topological polar surface area (TPSA) is 133 Å². The van der Waals surface area contributed by atoms with E-state index in [0.717, 1.165) is 33.7 Å². The molecule has 0 unspecified atom stereocenters. The molecule has 45 heavy (non-hydrogen) atoms. The van der Waals surface area contributed by atoms with E-state index < -0.39 is 30.2 Å². The van der Waals surface area contributed by atoms with Crippen LogP contribution < -0.4 is 15.5 Å². The summed E-state index contributed by atoms with van der Waals surface area (Å²) in [5.74, 6) is -2.41. The molecule has 2 aromatic carbocycles. The number of esters is 1. The zero-order valence-electron chi connectivity index (χ0n) is 24.7. The van der Waals surface area contributed by atoms with Crippen LogP contribution in [0.4, 0.5) is 0 Å². The molecule has 4 amide bonds. The highest BCUT2D eigenvalue weighted by Crippen LogP contribution is 2.27. The van der Waals surface area contributed by atoms with Gasteiger partial charge in [-0.1, -0.05) is 38.4 Å². The van der Waals surface area contributed by atoms with E-state index in [1.165, 1.54) is 32.1 Å². The second-order valence-corrected chi connectivity index (χ2v) is 10.7. The molecule has 0 saturated heterocycles. The predicted molar refractivity (Wildman–Crippen MR) is 175 cm³/mol. The van der Waals surface area contributed by atoms with Crippen molar-refractivity contribution < 1.29 is 28.7 Å². The number of nitrogens with one attached hydrogen (secondary N) is 1. The van der Waals surface area contributed by atoms with Crippen LogP contribution in [-0.2, 0) is 24.0 Å². The van der Waals surface area contributed by atoms with Gasteiger partial charge in [-0.2, -0.15) is 0 Å². The minimum Gasteiger partial charge on any atom is -0.425 e. The van der Waals surface area contributed by atoms with Crippen molar-refractivity contribution in [3.63, 3.8) is 0 Å². The molecule has 3 aromatic rings. The Labute approximate surface area is 264 Å². The molecule has 0 aliphatic heterocycles. The van der Waals surface area contributed by atoms with E-state index >= 15 is 0 Å². The van der Waals surface area contributed by atoms with Crippen LogP contribution in [0, 0.1) is 0 Å². The number of benzene rings is 2. The Kier molecular flexibility index (Phi) is 12.5. The van der Waals surface area contributed by atoms with Gasteiger partial charge in [-0.05, 0) is 54.6 Å². The fourth-order valence-corrected chi connectivity index (χ4v) is 5.41. The van der Waals surface area contributed by atoms with Crippen molar-refractivity contribution >= 4 is 61.1 Å². The highest BCUT2D eigenvalue weighted by atomic mass is 32.1. The van der Waals surface area contributed by atoms with Gasteiger partial charge in [0.2, 0.25) is 23.6 Å². The number of carbonyl (C=O) groups is 5. The first-order valence-corrected chi connectivity index (χ1v) is 14.7. The lowest BCUT2D eigenvalue weighted by Crippen LogP contribution is -2.46. The molecule has 0 aliphatic rings. The molecule has 0 saturated carbocycles. The molecule has 0 radical (unpaired) electrons. The Morgan fingerprint density at radius 1 is 0.711 bits per heavy atom. The Morgan fingerprint density at radius 2 is 1.27 bits per heavy atom. The molecule has 0 bridgehead atoms. The molecular weight excluding hydrogens is 596 g/mol. The van der Waals surface area contributed by atoms with E-state index in [1.54, 1.807) is 24.3 Å². The standard InChI is InChI=1S/C33H34N4O7S/c1-5-28(38)34-15-16-35(29(39)6-2)17-18-36(30(40)7-3)19-20-37(31(41)8-4)22-32(42)44-23-13-14-27-25(21-23)33(43)24-11-9-10-12-26(24)45-27/h5-14,21H,1-4,15-20,22H2,(H,34,38). The van der Waals surface area contributed by atoms with Crippen LogP contribution >= 0.6 is 11.3 Å². The van der Waals surface area contributed by atoms with Crippen LogP contribution in [0.2, 0.25) is 0 Å². The lowest BCUT2D eigenvalue weighted by molar-refractivity contribution is -0.141. The second-order valence-electron chi connectivity index (χ2n) is 9.58. The molecule has 1 N–H and O–H groups in total. The van der Waals surface area contributed by atoms with Crippen molar-refractivity contribution in [2.24, 2.45) is 0 Å². The Balaban J connectivity index is 1.68. The van der Waals surface area contributed by atoms with Crippen molar-refractivity contribution in [2.45, 2.75) is 0 Å². The Hall–Kier alpha value is -5.36. The lowest BCUT2D eigenvalue weighted by atomic mass is 10.2. The molecule has 0 spiro atoms. The first kappa shape index (κ1) is 34.1. The van der Waals surface area contributed by atoms with Gasteiger partial charge < -0.3 is 24.8 Å². The maximum absolute atomic E-state index is 13.0. The van der Waals surface area contributed by atoms with Crippen LogP contribution in [0.15, 0.2) is 97.9 Å². The van der Waals surface area contributed by atoms with Gasteiger partial charge in [0.25, 0.3) is 0 Å². The minimum atomic E-state index is -0.757. The monoisotopic (exact) mass is 630 g/mol. The van der Waals surface area contributed by atoms with E-state index in [-0.39, 0.29) is 56.4 Å². The van der Waals surface area contributed by atoms with E-state index in [0.29, 0.717) is 10.8 Å². The third-order valence-corrected chi connectivity index (χ3v) is 7.86. The van der Waals surface area contributed by atoms with E-state index in [4.69, 9.17) is 4.74 Å². The van der Waals surface area contributed by atoms with Crippen LogP contribution in [-0.4, -0.2) is 90.1 Å². The average Bonchev–Trinajstić information content (AvgIpc) is 3.05. The van der Waals surface area contributed by atoms with Gasteiger partial charge in [-0.15, -0.1) is 11.3 Å². The van der Waals surface area contributed by atoms with E-state index in [2.05, 4.69) is 31.6 Å². The fourth-order valence-electron chi connectivity index (χ4n) is 4.35. The van der Waals surface area contributed by atoms with Gasteiger partial charge in [0.15, 0.2) is 5.43 Å². The summed E-state index contributed by atoms with van der Waals surface area (Å²) in [6.45, 7) is 13.9. The predicted octanol–water partition coefficient (Wildman–Crippen LogP) is 2.67. The summed E-state index contributed by atoms with van der Waals surface area (Å²) < 4.78 is 7.07. The summed E-state index contributed by atoms with van der Waals surface area (Å²) in [7, 11) is 0. The largest absolute Gasteiger partial charge is 0.425 e. The van der Waals surface area contributed by atoms with Crippen LogP contribution in [0.1, 0.15) is 0 Å². The number of hydrogen-bond donors (Lipinski definition) is 1. The fraction of sp³-hybridized carbons (Fsp3) is 0.212. The summed E-state index contributed by atoms with van der Waals surface area (Å²) in [6, 6.07) is 12.0. The summed E-state index contributed by atoms with van der Waals surface area (Å²) in [6.07, 6.45) is 4.39. The van der Waals surface area contributed by atoms with Gasteiger partial charge in [-0.3, -0.25) is 24.0 Å². The average molecular weight is 631 g/mol. The van der Waals surface area contributed by atoms with Crippen molar-refractivity contribution in [2.75, 3.05) is 45.8 Å². The van der Waals surface area contributed by atoms with E-state index in [1.807, 2.05) is 12.1 Å². The third kappa shape index (κ3) is 9.31. The van der Waals surface area contributed by atoms with Crippen molar-refractivity contribution in [1.29, 1.82) is 0 Å². The molecule has 12 heteroatoms. The van der Waals surface area contributed by atoms with Crippen molar-refractivity contribution in [3.05, 3.63) is 103 Å². The third-order valence-electron chi connectivity index (χ3n) is 6.70. The molecular formula is C33H34N4O7S. The molecule has 1 heterocycles. The molecule has 234 valence electrons. The molecule has 0 aliphatic carbocycles. The van der Waals surface area contributed by atoms with Gasteiger partial charge in [0.1, 0.15) is 12.3 Å². The molecule has 1 aromatic heterocycles. The van der Waals surface area contributed by atoms with Gasteiger partial charge >= 0.3 is 5.97 Å². The van der Waals surface area contributed by atoms with Crippen molar-refractivity contribution in [1.82, 2.24) is 20.0 Å². The quantitative estimate of drug-likeness (QED) is 0.111. The smallest absolute Gasteiger partial charge is 0.331 e. The first-order chi connectivity index (χ1) is 21.6. The number of carbonyl (C=O) groups excluding carboxylic acids is 5. The SMILES string of the molecule is C=CC(=O)NCCN(CCN(CCN(CC(=O)Oc1ccc2sc3ccccc3c(=O)c2c1)C(=O)C=C)C(=O)C=C)C(=O)C=C. The summed E-state index contributed by atoms with van der Waals surface area (Å²) in [5, 5.41) is 3.56. The molecule has 11 nitrogen and oxygen atoms in total. The Morgan fingerprint density at radius 3 is 1.89 bits per heavy atom. The number of rotatable bonds is 16. The number of fused-ring (bicyclic) bond motifs is 2. The lowest BCUT2D eigenvalue weighted by Gasteiger charge is -2.29. The minimum absolute atomic E-state index is 0.00497. The molecule has 0 atom stereocenters. The number of amides is 4. The van der Waals surface area contributed by atoms with Crippen molar-refractivity contribution in [3.8, 4) is 5.75 Å². The highest BCUT2D eigenvalue weighted by molar-refractivity contribution is 7.24. The number of hydrogen-bond acceptors (Lipinski definition) is 8. The zero-order chi connectivity index (χ0) is 32.9. The van der Waals surface area contributed by atoms with Gasteiger partial charge in [-0.25, -0.2) is 4.79 Å². The second kappa shape index (κ2) is 16.5. The van der Waals surface area contributed by atoms with Gasteiger partial charge in [0.05, 0.1) is 0 Å². The molecule has 3 rings (SSSR count). The van der Waals surface area contributed by atoms with Crippen LogP contribution in [0.5, 0.6) is 5.75 Å². The number of ether oxygens (including phenoxy) is 1. The van der Waals surface area contributed by atoms with E-state index in [9.17, 15) is 28.8 Å². The first-order valence-electron chi connectivity index (χ1n) is 13.9. The molecule has 0 fully saturated rings. The van der Waals surface area contributed by atoms with Gasteiger partial charge in [0, 0.05) is 59.4 Å². The zero-order valence-corrected chi connectivity index (χ0v) is 25.6. The van der Waals surface area contributed by atoms with Crippen LogP contribution in [0.25, 0.3) is 20.2 Å². The van der Waals surface area contributed by atoms with Crippen LogP contribution in [0.3, 0.4) is 0 Å². The summed E-state index contributed by atoms with van der Waals surface area (Å²) >= 11 is 1.45. The number of nitrogens with zero attached hydrogens (tertiary/aromatic N) is 3. The summed E-state index contributed by atoms with van der Waals surface area (Å²) in [4.78, 5) is 78.9. The normalized spacial score (nSPS) is 10.4. The highest BCUT2D eigenvalue weighted by Gasteiger charge is 2.21. The Bertz CT molecular complexity index is 1710. The summed E-state index contributed by atoms with van der Waals surface area (Å²) in [5.41, 5.74) is -0.178. The maximum atomic E-state index is 13.0.